The molecule has 1 saturated heterocycles. The first-order chi connectivity index (χ1) is 20.3. The summed E-state index contributed by atoms with van der Waals surface area (Å²) in [7, 11) is 0. The Kier molecular flexibility index (Phi) is 12.6. The average molecular weight is 585 g/mol. The number of hydrogen-bond donors (Lipinski definition) is 3. The van der Waals surface area contributed by atoms with E-state index in [0.717, 1.165) is 32.1 Å². The fourth-order valence-corrected chi connectivity index (χ4v) is 5.39. The van der Waals surface area contributed by atoms with Crippen molar-refractivity contribution in [2.45, 2.75) is 82.8 Å². The number of ether oxygens (including phenoxy) is 1. The van der Waals surface area contributed by atoms with Crippen molar-refractivity contribution in [3.05, 3.63) is 36.9 Å². The number of nitrogens with one attached hydrogen (secondary N) is 3. The van der Waals surface area contributed by atoms with E-state index >= 15 is 0 Å². The molecule has 228 valence electrons. The molecule has 1 aromatic rings. The smallest absolute Gasteiger partial charge is 0.325 e. The summed E-state index contributed by atoms with van der Waals surface area (Å²) in [6, 6.07) is -2.83. The highest BCUT2D eigenvalue weighted by Gasteiger charge is 2.42. The predicted octanol–water partition coefficient (Wildman–Crippen LogP) is 0.846. The minimum Gasteiger partial charge on any atom is -0.460 e. The normalized spacial score (nSPS) is 18.3. The van der Waals surface area contributed by atoms with Crippen LogP contribution in [0.25, 0.3) is 0 Å². The van der Waals surface area contributed by atoms with Gasteiger partial charge in [-0.3, -0.25) is 33.8 Å². The van der Waals surface area contributed by atoms with Crippen LogP contribution in [0, 0.1) is 5.92 Å². The Morgan fingerprint density at radius 2 is 1.83 bits per heavy atom. The molecule has 1 aliphatic heterocycles. The maximum atomic E-state index is 13.9. The van der Waals surface area contributed by atoms with Crippen LogP contribution in [-0.4, -0.2) is 88.1 Å². The molecule has 1 aliphatic carbocycles. The van der Waals surface area contributed by atoms with Gasteiger partial charge in [0, 0.05) is 18.9 Å². The van der Waals surface area contributed by atoms with Crippen LogP contribution in [-0.2, 0) is 28.7 Å². The molecule has 1 saturated carbocycles. The lowest BCUT2D eigenvalue weighted by molar-refractivity contribution is -0.145. The molecule has 3 rings (SSSR count). The fraction of sp³-hybridized carbons (Fsp3) is 0.586. The molecular formula is C29H40N6O7. The van der Waals surface area contributed by atoms with Gasteiger partial charge in [-0.15, -0.1) is 0 Å². The monoisotopic (exact) mass is 584 g/mol. The third kappa shape index (κ3) is 8.92. The number of nitrogens with zero attached hydrogens (tertiary/aromatic N) is 3. The molecule has 2 aliphatic rings. The Morgan fingerprint density at radius 3 is 2.50 bits per heavy atom. The number of aromatic nitrogens is 2. The van der Waals surface area contributed by atoms with E-state index in [4.69, 9.17) is 4.74 Å². The highest BCUT2D eigenvalue weighted by molar-refractivity contribution is 6.38. The Labute approximate surface area is 245 Å². The van der Waals surface area contributed by atoms with E-state index < -0.39 is 54.1 Å². The summed E-state index contributed by atoms with van der Waals surface area (Å²) in [4.78, 5) is 86.7. The quantitative estimate of drug-likeness (QED) is 0.162. The summed E-state index contributed by atoms with van der Waals surface area (Å²) in [5.41, 5.74) is 0.0926. The second-order valence-corrected chi connectivity index (χ2v) is 10.5. The zero-order valence-electron chi connectivity index (χ0n) is 24.0. The minimum atomic E-state index is -1.13. The van der Waals surface area contributed by atoms with E-state index in [0.29, 0.717) is 25.8 Å². The summed E-state index contributed by atoms with van der Waals surface area (Å²) in [6.45, 7) is 5.02. The van der Waals surface area contributed by atoms with Crippen LogP contribution >= 0.6 is 0 Å². The van der Waals surface area contributed by atoms with Gasteiger partial charge in [-0.05, 0) is 38.0 Å². The van der Waals surface area contributed by atoms with Gasteiger partial charge in [0.1, 0.15) is 30.9 Å². The Balaban J connectivity index is 1.69. The van der Waals surface area contributed by atoms with Gasteiger partial charge in [0.25, 0.3) is 11.8 Å². The number of rotatable bonds is 14. The van der Waals surface area contributed by atoms with Crippen molar-refractivity contribution in [2.24, 2.45) is 5.92 Å². The summed E-state index contributed by atoms with van der Waals surface area (Å²) in [5.74, 6) is -4.15. The zero-order valence-corrected chi connectivity index (χ0v) is 24.0. The number of amides is 4. The molecular weight excluding hydrogens is 544 g/mol. The fourth-order valence-electron chi connectivity index (χ4n) is 5.39. The van der Waals surface area contributed by atoms with E-state index in [1.165, 1.54) is 29.6 Å². The molecule has 1 aromatic heterocycles. The molecule has 13 nitrogen and oxygen atoms in total. The molecule has 3 N–H and O–H groups in total. The van der Waals surface area contributed by atoms with Gasteiger partial charge in [0.05, 0.1) is 12.2 Å². The van der Waals surface area contributed by atoms with Gasteiger partial charge >= 0.3 is 5.97 Å². The Morgan fingerprint density at radius 1 is 1.07 bits per heavy atom. The highest BCUT2D eigenvalue weighted by atomic mass is 16.5. The van der Waals surface area contributed by atoms with Crippen LogP contribution in [0.5, 0.6) is 0 Å². The molecule has 13 heteroatoms. The Bertz CT molecular complexity index is 1140. The maximum absolute atomic E-state index is 13.9. The van der Waals surface area contributed by atoms with Crippen molar-refractivity contribution in [3.63, 3.8) is 0 Å². The first-order valence-electron chi connectivity index (χ1n) is 14.5. The van der Waals surface area contributed by atoms with Crippen molar-refractivity contribution < 1.29 is 33.5 Å². The zero-order chi connectivity index (χ0) is 30.5. The maximum Gasteiger partial charge on any atom is 0.325 e. The van der Waals surface area contributed by atoms with Gasteiger partial charge in [-0.2, -0.15) is 0 Å². The van der Waals surface area contributed by atoms with Crippen LogP contribution < -0.4 is 16.0 Å². The van der Waals surface area contributed by atoms with E-state index in [1.807, 2.05) is 0 Å². The van der Waals surface area contributed by atoms with Gasteiger partial charge in [0.2, 0.25) is 17.6 Å². The summed E-state index contributed by atoms with van der Waals surface area (Å²) in [6.07, 6.45) is 11.7. The van der Waals surface area contributed by atoms with Crippen molar-refractivity contribution in [2.75, 3.05) is 19.7 Å². The minimum absolute atomic E-state index is 0.0284. The van der Waals surface area contributed by atoms with E-state index in [2.05, 4.69) is 32.5 Å². The third-order valence-electron chi connectivity index (χ3n) is 7.50. The Hall–Kier alpha value is -4.16. The van der Waals surface area contributed by atoms with Gasteiger partial charge in [0.15, 0.2) is 0 Å². The number of ketones is 1. The number of hydrogen-bond acceptors (Lipinski definition) is 9. The number of Topliss-reactive ketones (excluding diaryl/α,β-unsaturated/α-hetero) is 1. The van der Waals surface area contributed by atoms with Crippen LogP contribution in [0.2, 0.25) is 0 Å². The third-order valence-corrected chi connectivity index (χ3v) is 7.50. The van der Waals surface area contributed by atoms with Gasteiger partial charge in [-0.1, -0.05) is 45.3 Å². The molecule has 0 spiro atoms. The summed E-state index contributed by atoms with van der Waals surface area (Å²) < 4.78 is 4.78. The lowest BCUT2D eigenvalue weighted by Crippen LogP contribution is -2.58. The van der Waals surface area contributed by atoms with E-state index in [-0.39, 0.29) is 30.5 Å². The molecule has 0 aromatic carbocycles. The molecule has 3 atom stereocenters. The lowest BCUT2D eigenvalue weighted by Gasteiger charge is -2.34. The molecule has 0 radical (unpaired) electrons. The van der Waals surface area contributed by atoms with Crippen LogP contribution in [0.3, 0.4) is 0 Å². The molecule has 2 fully saturated rings. The number of carbonyl (C=O) groups excluding carboxylic acids is 6. The summed E-state index contributed by atoms with van der Waals surface area (Å²) >= 11 is 0. The second-order valence-electron chi connectivity index (χ2n) is 10.5. The van der Waals surface area contributed by atoms with Crippen LogP contribution in [0.1, 0.15) is 75.2 Å². The van der Waals surface area contributed by atoms with E-state index in [1.54, 1.807) is 6.92 Å². The number of likely N-dealkylation sites (tertiary alicyclic amines) is 1. The number of esters is 1. The molecule has 1 unspecified atom stereocenters. The van der Waals surface area contributed by atoms with Crippen molar-refractivity contribution >= 4 is 35.4 Å². The van der Waals surface area contributed by atoms with Crippen LogP contribution in [0.4, 0.5) is 0 Å². The molecule has 42 heavy (non-hydrogen) atoms. The van der Waals surface area contributed by atoms with Gasteiger partial charge < -0.3 is 25.6 Å². The molecule has 4 amide bonds. The van der Waals surface area contributed by atoms with Crippen molar-refractivity contribution in [3.8, 4) is 0 Å². The first-order valence-corrected chi connectivity index (χ1v) is 14.5. The lowest BCUT2D eigenvalue weighted by atomic mass is 9.83. The van der Waals surface area contributed by atoms with Crippen LogP contribution in [0.15, 0.2) is 31.2 Å². The molecule has 0 bridgehead atoms. The largest absolute Gasteiger partial charge is 0.460 e. The highest BCUT2D eigenvalue weighted by Crippen LogP contribution is 2.29. The standard InChI is InChI=1S/C29H40N6O7/c1-3-9-20(25(37)28(40)32-18-23(36)42-16-4-2)33-27(39)22-12-8-15-35(22)29(41)24(19-10-6-5-7-11-19)34-26(38)21-17-30-13-14-31-21/h4,13-14,17,19-20,22,24H,2-3,5-12,15-16,18H2,1H3,(H,32,40)(H,33,39)(H,34,38)/t20?,22-,24-/m0/s1. The number of carbonyl (C=O) groups is 6. The van der Waals surface area contributed by atoms with Gasteiger partial charge in [-0.25, -0.2) is 4.98 Å². The van der Waals surface area contributed by atoms with Crippen molar-refractivity contribution in [1.82, 2.24) is 30.8 Å². The second kappa shape index (κ2) is 16.3. The SMILES string of the molecule is C=CCOC(=O)CNC(=O)C(=O)C(CCC)NC(=O)[C@@H]1CCCN1C(=O)[C@@H](NC(=O)c1cnccn1)C1CCCCC1. The average Bonchev–Trinajstić information content (AvgIpc) is 3.51. The van der Waals surface area contributed by atoms with E-state index in [9.17, 15) is 28.8 Å². The first kappa shape index (κ1) is 32.4. The summed E-state index contributed by atoms with van der Waals surface area (Å²) in [5, 5.41) is 7.73. The predicted molar refractivity (Wildman–Crippen MR) is 151 cm³/mol. The molecule has 2 heterocycles. The topological polar surface area (TPSA) is 177 Å². The van der Waals surface area contributed by atoms with Crippen molar-refractivity contribution in [1.29, 1.82) is 0 Å².